The zero-order chi connectivity index (χ0) is 11.3. The lowest BCUT2D eigenvalue weighted by atomic mass is 10.0. The van der Waals surface area contributed by atoms with E-state index in [-0.39, 0.29) is 0 Å². The number of hydrogen-bond acceptors (Lipinski definition) is 2. The molecule has 0 saturated heterocycles. The van der Waals surface area contributed by atoms with E-state index in [1.807, 2.05) is 30.3 Å². The summed E-state index contributed by atoms with van der Waals surface area (Å²) in [6.45, 7) is 1.69. The van der Waals surface area contributed by atoms with Gasteiger partial charge in [0.15, 0.2) is 0 Å². The number of rotatable bonds is 4. The molecule has 2 N–H and O–H groups in total. The van der Waals surface area contributed by atoms with E-state index in [1.54, 1.807) is 6.92 Å². The Morgan fingerprint density at radius 1 is 1.40 bits per heavy atom. The van der Waals surface area contributed by atoms with Crippen molar-refractivity contribution in [2.24, 2.45) is 0 Å². The first kappa shape index (κ1) is 11.5. The van der Waals surface area contributed by atoms with Gasteiger partial charge in [0.05, 0.1) is 6.10 Å². The number of aliphatic hydroxyl groups is 1. The highest BCUT2D eigenvalue weighted by Gasteiger charge is 2.07. The molecule has 0 heterocycles. The largest absolute Gasteiger partial charge is 0.478 e. The summed E-state index contributed by atoms with van der Waals surface area (Å²) >= 11 is 0. The first-order chi connectivity index (χ1) is 7.09. The predicted molar refractivity (Wildman–Crippen MR) is 57.4 cm³/mol. The third-order valence-corrected chi connectivity index (χ3v) is 2.07. The van der Waals surface area contributed by atoms with Gasteiger partial charge in [-0.05, 0) is 18.9 Å². The molecule has 0 saturated carbocycles. The van der Waals surface area contributed by atoms with Crippen LogP contribution in [0.1, 0.15) is 25.0 Å². The number of carbonyl (C=O) groups is 1. The Bertz CT molecular complexity index is 354. The summed E-state index contributed by atoms with van der Waals surface area (Å²) in [6.07, 6.45) is 0.824. The van der Waals surface area contributed by atoms with Crippen LogP contribution in [0.3, 0.4) is 0 Å². The minimum atomic E-state index is -0.979. The molecule has 1 aromatic rings. The maximum absolute atomic E-state index is 10.4. The van der Waals surface area contributed by atoms with E-state index in [0.29, 0.717) is 12.0 Å². The first-order valence-corrected chi connectivity index (χ1v) is 4.72. The van der Waals surface area contributed by atoms with E-state index in [9.17, 15) is 9.90 Å². The molecule has 15 heavy (non-hydrogen) atoms. The zero-order valence-corrected chi connectivity index (χ0v) is 8.55. The van der Waals surface area contributed by atoms with Gasteiger partial charge in [-0.25, -0.2) is 4.79 Å². The molecule has 1 aromatic carbocycles. The zero-order valence-electron chi connectivity index (χ0n) is 8.55. The van der Waals surface area contributed by atoms with Gasteiger partial charge in [-0.3, -0.25) is 0 Å². The van der Waals surface area contributed by atoms with Gasteiger partial charge in [0.2, 0.25) is 0 Å². The van der Waals surface area contributed by atoms with Crippen LogP contribution >= 0.6 is 0 Å². The maximum atomic E-state index is 10.4. The Kier molecular flexibility index (Phi) is 4.06. The SMILES string of the molecule is C/C(=C\C(=O)O)CC(O)c1ccccc1. The summed E-state index contributed by atoms with van der Waals surface area (Å²) < 4.78 is 0. The van der Waals surface area contributed by atoms with E-state index in [2.05, 4.69) is 0 Å². The molecule has 0 fully saturated rings. The molecule has 0 aliphatic carbocycles. The van der Waals surface area contributed by atoms with Crippen LogP contribution in [0.25, 0.3) is 0 Å². The Hall–Kier alpha value is -1.61. The van der Waals surface area contributed by atoms with Crippen LogP contribution in [0.2, 0.25) is 0 Å². The predicted octanol–water partition coefficient (Wildman–Crippen LogP) is 2.14. The van der Waals surface area contributed by atoms with Crippen LogP contribution in [-0.2, 0) is 4.79 Å². The number of hydrogen-bond donors (Lipinski definition) is 2. The van der Waals surface area contributed by atoms with Crippen LogP contribution < -0.4 is 0 Å². The van der Waals surface area contributed by atoms with E-state index in [4.69, 9.17) is 5.11 Å². The van der Waals surface area contributed by atoms with Crippen molar-refractivity contribution in [1.82, 2.24) is 0 Å². The minimum Gasteiger partial charge on any atom is -0.478 e. The van der Waals surface area contributed by atoms with Gasteiger partial charge in [-0.15, -0.1) is 0 Å². The summed E-state index contributed by atoms with van der Waals surface area (Å²) in [5.41, 5.74) is 1.45. The number of carboxylic acid groups (broad SMARTS) is 1. The standard InChI is InChI=1S/C12H14O3/c1-9(8-12(14)15)7-11(13)10-5-3-2-4-6-10/h2-6,8,11,13H,7H2,1H3,(H,14,15)/b9-8+. The van der Waals surface area contributed by atoms with Gasteiger partial charge in [0.1, 0.15) is 0 Å². The maximum Gasteiger partial charge on any atom is 0.328 e. The average Bonchev–Trinajstić information content (AvgIpc) is 2.17. The molecule has 0 aromatic heterocycles. The van der Waals surface area contributed by atoms with Gasteiger partial charge < -0.3 is 10.2 Å². The Morgan fingerprint density at radius 2 is 2.00 bits per heavy atom. The second-order valence-corrected chi connectivity index (χ2v) is 3.46. The van der Waals surface area contributed by atoms with E-state index < -0.39 is 12.1 Å². The van der Waals surface area contributed by atoms with Crippen LogP contribution in [0.4, 0.5) is 0 Å². The van der Waals surface area contributed by atoms with Gasteiger partial charge in [0, 0.05) is 6.08 Å². The molecule has 3 heteroatoms. The lowest BCUT2D eigenvalue weighted by Gasteiger charge is -2.10. The highest BCUT2D eigenvalue weighted by molar-refractivity contribution is 5.80. The summed E-state index contributed by atoms with van der Waals surface area (Å²) in [5.74, 6) is -0.979. The molecular weight excluding hydrogens is 192 g/mol. The van der Waals surface area contributed by atoms with Crippen molar-refractivity contribution in [3.05, 3.63) is 47.5 Å². The fourth-order valence-electron chi connectivity index (χ4n) is 1.37. The summed E-state index contributed by atoms with van der Waals surface area (Å²) in [5, 5.41) is 18.3. The fourth-order valence-corrected chi connectivity index (χ4v) is 1.37. The third-order valence-electron chi connectivity index (χ3n) is 2.07. The fraction of sp³-hybridized carbons (Fsp3) is 0.250. The average molecular weight is 206 g/mol. The first-order valence-electron chi connectivity index (χ1n) is 4.72. The van der Waals surface area contributed by atoms with Crippen molar-refractivity contribution >= 4 is 5.97 Å². The second-order valence-electron chi connectivity index (χ2n) is 3.46. The molecule has 0 radical (unpaired) electrons. The molecule has 0 bridgehead atoms. The molecule has 0 aliphatic heterocycles. The normalized spacial score (nSPS) is 13.6. The summed E-state index contributed by atoms with van der Waals surface area (Å²) in [7, 11) is 0. The molecule has 1 rings (SSSR count). The van der Waals surface area contributed by atoms with Crippen LogP contribution in [0.5, 0.6) is 0 Å². The highest BCUT2D eigenvalue weighted by Crippen LogP contribution is 2.19. The van der Waals surface area contributed by atoms with E-state index in [0.717, 1.165) is 11.6 Å². The number of aliphatic hydroxyl groups excluding tert-OH is 1. The van der Waals surface area contributed by atoms with Gasteiger partial charge in [-0.2, -0.15) is 0 Å². The quantitative estimate of drug-likeness (QED) is 0.742. The molecular formula is C12H14O3. The lowest BCUT2D eigenvalue weighted by molar-refractivity contribution is -0.131. The second kappa shape index (κ2) is 5.32. The molecule has 1 atom stereocenters. The summed E-state index contributed by atoms with van der Waals surface area (Å²) in [4.78, 5) is 10.4. The topological polar surface area (TPSA) is 57.5 Å². The van der Waals surface area contributed by atoms with Gasteiger partial charge >= 0.3 is 5.97 Å². The molecule has 3 nitrogen and oxygen atoms in total. The van der Waals surface area contributed by atoms with Crippen molar-refractivity contribution in [2.75, 3.05) is 0 Å². The molecule has 0 amide bonds. The van der Waals surface area contributed by atoms with Gasteiger partial charge in [0.25, 0.3) is 0 Å². The Morgan fingerprint density at radius 3 is 2.53 bits per heavy atom. The number of carboxylic acids is 1. The Labute approximate surface area is 88.7 Å². The highest BCUT2D eigenvalue weighted by atomic mass is 16.4. The van der Waals surface area contributed by atoms with E-state index in [1.165, 1.54) is 0 Å². The monoisotopic (exact) mass is 206 g/mol. The van der Waals surface area contributed by atoms with E-state index >= 15 is 0 Å². The summed E-state index contributed by atoms with van der Waals surface area (Å²) in [6, 6.07) is 9.19. The third kappa shape index (κ3) is 3.95. The minimum absolute atomic E-state index is 0.344. The van der Waals surface area contributed by atoms with Crippen molar-refractivity contribution in [3.8, 4) is 0 Å². The molecule has 0 aliphatic rings. The lowest BCUT2D eigenvalue weighted by Crippen LogP contribution is -1.99. The molecule has 80 valence electrons. The smallest absolute Gasteiger partial charge is 0.328 e. The van der Waals surface area contributed by atoms with Crippen molar-refractivity contribution in [2.45, 2.75) is 19.4 Å². The van der Waals surface area contributed by atoms with Gasteiger partial charge in [-0.1, -0.05) is 35.9 Å². The van der Waals surface area contributed by atoms with Crippen molar-refractivity contribution < 1.29 is 15.0 Å². The Balaban J connectivity index is 2.64. The van der Waals surface area contributed by atoms with Crippen LogP contribution in [0, 0.1) is 0 Å². The number of benzene rings is 1. The molecule has 0 spiro atoms. The van der Waals surface area contributed by atoms with Crippen LogP contribution in [0.15, 0.2) is 42.0 Å². The van der Waals surface area contributed by atoms with Crippen molar-refractivity contribution in [1.29, 1.82) is 0 Å². The molecule has 1 unspecified atom stereocenters. The number of aliphatic carboxylic acids is 1. The van der Waals surface area contributed by atoms with Crippen molar-refractivity contribution in [3.63, 3.8) is 0 Å². The van der Waals surface area contributed by atoms with Crippen LogP contribution in [-0.4, -0.2) is 16.2 Å².